The van der Waals surface area contributed by atoms with Crippen molar-refractivity contribution in [2.45, 2.75) is 6.92 Å². The van der Waals surface area contributed by atoms with E-state index < -0.39 is 10.7 Å². The quantitative estimate of drug-likeness (QED) is 0.396. The van der Waals surface area contributed by atoms with E-state index in [0.29, 0.717) is 11.4 Å². The third-order valence-electron chi connectivity index (χ3n) is 4.20. The summed E-state index contributed by atoms with van der Waals surface area (Å²) in [5, 5.41) is 16.1. The van der Waals surface area contributed by atoms with E-state index in [1.165, 1.54) is 4.68 Å². The Balaban J connectivity index is 1.89. The lowest BCUT2D eigenvalue weighted by molar-refractivity contribution is -0.384. The number of para-hydroxylation sites is 1. The van der Waals surface area contributed by atoms with Gasteiger partial charge in [0.05, 0.1) is 22.0 Å². The number of aromatic nitrogens is 2. The molecule has 0 aliphatic heterocycles. The maximum atomic E-state index is 13.9. The van der Waals surface area contributed by atoms with Gasteiger partial charge in [0.25, 0.3) is 11.2 Å². The van der Waals surface area contributed by atoms with E-state index in [0.717, 1.165) is 18.2 Å². The van der Waals surface area contributed by atoms with Crippen LogP contribution >= 0.6 is 12.2 Å². The van der Waals surface area contributed by atoms with Crippen LogP contribution in [0.5, 0.6) is 0 Å². The number of halogens is 1. The Hall–Kier alpha value is -3.53. The zero-order valence-corrected chi connectivity index (χ0v) is 15.8. The topological polar surface area (TPSA) is 94.1 Å². The van der Waals surface area contributed by atoms with Crippen molar-refractivity contribution >= 4 is 34.4 Å². The first-order chi connectivity index (χ1) is 13.3. The van der Waals surface area contributed by atoms with Crippen molar-refractivity contribution in [2.75, 3.05) is 10.6 Å². The Morgan fingerprint density at radius 2 is 1.86 bits per heavy atom. The van der Waals surface area contributed by atoms with Crippen molar-refractivity contribution in [2.24, 2.45) is 7.05 Å². The van der Waals surface area contributed by atoms with Crippen LogP contribution in [0.1, 0.15) is 5.69 Å². The molecule has 0 bridgehead atoms. The van der Waals surface area contributed by atoms with Crippen LogP contribution < -0.4 is 16.2 Å². The van der Waals surface area contributed by atoms with Crippen LogP contribution in [-0.4, -0.2) is 19.4 Å². The number of hydrogen-bond donors (Lipinski definition) is 2. The van der Waals surface area contributed by atoms with Gasteiger partial charge in [-0.05, 0) is 37.3 Å². The fraction of sp³-hybridized carbons (Fsp3) is 0.111. The number of hydrogen-bond acceptors (Lipinski definition) is 4. The van der Waals surface area contributed by atoms with E-state index >= 15 is 0 Å². The number of anilines is 2. The molecule has 0 aliphatic rings. The van der Waals surface area contributed by atoms with Crippen LogP contribution in [0.4, 0.5) is 21.5 Å². The minimum absolute atomic E-state index is 0.0644. The van der Waals surface area contributed by atoms with E-state index in [9.17, 15) is 19.3 Å². The average molecular weight is 401 g/mol. The maximum Gasteiger partial charge on any atom is 0.295 e. The van der Waals surface area contributed by atoms with Gasteiger partial charge in [-0.2, -0.15) is 0 Å². The van der Waals surface area contributed by atoms with E-state index in [-0.39, 0.29) is 27.7 Å². The van der Waals surface area contributed by atoms with Gasteiger partial charge in [-0.25, -0.2) is 9.07 Å². The van der Waals surface area contributed by atoms with Crippen LogP contribution in [0.15, 0.2) is 53.3 Å². The van der Waals surface area contributed by atoms with Crippen molar-refractivity contribution in [3.05, 3.63) is 80.5 Å². The summed E-state index contributed by atoms with van der Waals surface area (Å²) < 4.78 is 17.1. The molecular weight excluding hydrogens is 385 g/mol. The molecular formula is C18H16FN5O3S. The molecule has 2 N–H and O–H groups in total. The van der Waals surface area contributed by atoms with E-state index in [1.54, 1.807) is 30.8 Å². The number of benzene rings is 2. The standard InChI is InChI=1S/C18H16FN5O3S/c1-11-16(17(25)23(22(11)2)12-6-4-3-5-7-12)21-18(28)20-15-10-13(24(26)27)8-9-14(15)19/h3-10H,1-2H3,(H2,20,21,28). The summed E-state index contributed by atoms with van der Waals surface area (Å²) in [6.45, 7) is 1.74. The molecule has 0 aliphatic carbocycles. The van der Waals surface area contributed by atoms with Crippen LogP contribution in [0, 0.1) is 22.9 Å². The summed E-state index contributed by atoms with van der Waals surface area (Å²) in [7, 11) is 1.73. The van der Waals surface area contributed by atoms with Crippen molar-refractivity contribution in [3.63, 3.8) is 0 Å². The van der Waals surface area contributed by atoms with Gasteiger partial charge in [0.2, 0.25) is 0 Å². The predicted octanol–water partition coefficient (Wildman–Crippen LogP) is 3.34. The molecule has 8 nitrogen and oxygen atoms in total. The zero-order valence-electron chi connectivity index (χ0n) is 15.0. The smallest absolute Gasteiger partial charge is 0.295 e. The molecule has 0 spiro atoms. The fourth-order valence-corrected chi connectivity index (χ4v) is 2.91. The molecule has 0 radical (unpaired) electrons. The van der Waals surface area contributed by atoms with Gasteiger partial charge in [0.15, 0.2) is 5.11 Å². The highest BCUT2D eigenvalue weighted by Crippen LogP contribution is 2.22. The SMILES string of the molecule is Cc1c(NC(=S)Nc2cc([N+](=O)[O-])ccc2F)c(=O)n(-c2ccccc2)n1C. The van der Waals surface area contributed by atoms with Crippen molar-refractivity contribution in [1.82, 2.24) is 9.36 Å². The Morgan fingerprint density at radius 3 is 2.50 bits per heavy atom. The predicted molar refractivity (Wildman–Crippen MR) is 109 cm³/mol. The summed E-state index contributed by atoms with van der Waals surface area (Å²) in [6, 6.07) is 12.1. The molecule has 0 saturated heterocycles. The highest BCUT2D eigenvalue weighted by Gasteiger charge is 2.18. The van der Waals surface area contributed by atoms with Crippen LogP contribution in [0.3, 0.4) is 0 Å². The molecule has 1 heterocycles. The summed E-state index contributed by atoms with van der Waals surface area (Å²) in [5.74, 6) is -0.707. The zero-order chi connectivity index (χ0) is 20.4. The molecule has 0 saturated carbocycles. The number of nitrogens with zero attached hydrogens (tertiary/aromatic N) is 3. The third-order valence-corrected chi connectivity index (χ3v) is 4.41. The number of non-ortho nitro benzene ring substituents is 1. The molecule has 0 amide bonds. The first kappa shape index (κ1) is 19.2. The monoisotopic (exact) mass is 401 g/mol. The first-order valence-electron chi connectivity index (χ1n) is 8.15. The molecule has 3 aromatic rings. The van der Waals surface area contributed by atoms with Crippen molar-refractivity contribution < 1.29 is 9.31 Å². The van der Waals surface area contributed by atoms with Gasteiger partial charge in [-0.3, -0.25) is 19.6 Å². The highest BCUT2D eigenvalue weighted by atomic mass is 32.1. The highest BCUT2D eigenvalue weighted by molar-refractivity contribution is 7.80. The average Bonchev–Trinajstić information content (AvgIpc) is 2.87. The molecule has 28 heavy (non-hydrogen) atoms. The minimum atomic E-state index is -0.707. The van der Waals surface area contributed by atoms with Crippen molar-refractivity contribution in [1.29, 1.82) is 0 Å². The van der Waals surface area contributed by atoms with Crippen LogP contribution in [-0.2, 0) is 7.05 Å². The maximum absolute atomic E-state index is 13.9. The number of nitro groups is 1. The summed E-state index contributed by atoms with van der Waals surface area (Å²) in [5.41, 5.74) is 0.717. The molecule has 1 aromatic heterocycles. The Labute approximate surface area is 164 Å². The second-order valence-corrected chi connectivity index (χ2v) is 6.35. The Morgan fingerprint density at radius 1 is 1.18 bits per heavy atom. The normalized spacial score (nSPS) is 10.5. The molecule has 0 unspecified atom stereocenters. The molecule has 2 aromatic carbocycles. The Kier molecular flexibility index (Phi) is 5.23. The van der Waals surface area contributed by atoms with Gasteiger partial charge in [0, 0.05) is 19.2 Å². The second-order valence-electron chi connectivity index (χ2n) is 5.94. The van der Waals surface area contributed by atoms with E-state index in [1.807, 2.05) is 18.2 Å². The van der Waals surface area contributed by atoms with Crippen LogP contribution in [0.2, 0.25) is 0 Å². The lowest BCUT2D eigenvalue weighted by Gasteiger charge is -2.10. The lowest BCUT2D eigenvalue weighted by atomic mass is 10.2. The molecule has 10 heteroatoms. The molecule has 0 atom stereocenters. The lowest BCUT2D eigenvalue weighted by Crippen LogP contribution is -2.25. The van der Waals surface area contributed by atoms with Gasteiger partial charge >= 0.3 is 0 Å². The molecule has 3 rings (SSSR count). The summed E-state index contributed by atoms with van der Waals surface area (Å²) in [4.78, 5) is 23.1. The third kappa shape index (κ3) is 3.62. The summed E-state index contributed by atoms with van der Waals surface area (Å²) in [6.07, 6.45) is 0. The summed E-state index contributed by atoms with van der Waals surface area (Å²) >= 11 is 5.16. The number of thiocarbonyl (C=S) groups is 1. The minimum Gasteiger partial charge on any atom is -0.330 e. The second kappa shape index (κ2) is 7.61. The van der Waals surface area contributed by atoms with E-state index in [4.69, 9.17) is 12.2 Å². The van der Waals surface area contributed by atoms with Crippen LogP contribution in [0.25, 0.3) is 5.69 Å². The number of nitro benzene ring substituents is 1. The van der Waals surface area contributed by atoms with Crippen molar-refractivity contribution in [3.8, 4) is 5.69 Å². The fourth-order valence-electron chi connectivity index (χ4n) is 2.70. The van der Waals surface area contributed by atoms with Gasteiger partial charge in [0.1, 0.15) is 11.5 Å². The molecule has 0 fully saturated rings. The number of rotatable bonds is 4. The van der Waals surface area contributed by atoms with Gasteiger partial charge < -0.3 is 10.6 Å². The first-order valence-corrected chi connectivity index (χ1v) is 8.56. The largest absolute Gasteiger partial charge is 0.330 e. The van der Waals surface area contributed by atoms with E-state index in [2.05, 4.69) is 10.6 Å². The molecule has 144 valence electrons. The van der Waals surface area contributed by atoms with Gasteiger partial charge in [-0.15, -0.1) is 0 Å². The Bertz CT molecular complexity index is 1120. The number of nitrogens with one attached hydrogen (secondary N) is 2. The van der Waals surface area contributed by atoms with Gasteiger partial charge in [-0.1, -0.05) is 18.2 Å².